The minimum absolute atomic E-state index is 0.169. The van der Waals surface area contributed by atoms with Crippen LogP contribution < -0.4 is 0 Å². The maximum atomic E-state index is 13.0. The van der Waals surface area contributed by atoms with Crippen molar-refractivity contribution >= 4 is 5.78 Å². The van der Waals surface area contributed by atoms with E-state index in [1.807, 2.05) is 12.1 Å². The molecule has 1 aromatic carbocycles. The topological polar surface area (TPSA) is 17.1 Å². The molecular formula is C22H33FO. The second kappa shape index (κ2) is 10.6. The zero-order valence-electron chi connectivity index (χ0n) is 15.2. The first-order valence-electron chi connectivity index (χ1n) is 9.99. The van der Waals surface area contributed by atoms with E-state index in [1.54, 1.807) is 12.1 Å². The summed E-state index contributed by atoms with van der Waals surface area (Å²) in [4.78, 5) is 12.4. The predicted molar refractivity (Wildman–Crippen MR) is 98.7 cm³/mol. The van der Waals surface area contributed by atoms with Crippen molar-refractivity contribution in [2.24, 2.45) is 5.92 Å². The third kappa shape index (κ3) is 6.37. The van der Waals surface area contributed by atoms with Gasteiger partial charge in [-0.2, -0.15) is 0 Å². The lowest BCUT2D eigenvalue weighted by Gasteiger charge is -2.28. The van der Waals surface area contributed by atoms with Gasteiger partial charge >= 0.3 is 0 Å². The van der Waals surface area contributed by atoms with E-state index in [1.165, 1.54) is 44.1 Å². The fourth-order valence-electron chi connectivity index (χ4n) is 3.94. The van der Waals surface area contributed by atoms with Crippen molar-refractivity contribution in [3.8, 4) is 0 Å². The number of carbonyl (C=O) groups is 1. The van der Waals surface area contributed by atoms with Crippen molar-refractivity contribution in [1.82, 2.24) is 0 Å². The Balaban J connectivity index is 1.61. The van der Waals surface area contributed by atoms with Crippen molar-refractivity contribution < 1.29 is 9.18 Å². The lowest BCUT2D eigenvalue weighted by atomic mass is 9.76. The molecule has 24 heavy (non-hydrogen) atoms. The average molecular weight is 333 g/mol. The van der Waals surface area contributed by atoms with Crippen molar-refractivity contribution in [1.29, 1.82) is 0 Å². The van der Waals surface area contributed by atoms with Gasteiger partial charge in [0.15, 0.2) is 0 Å². The molecule has 0 heterocycles. The Labute approximate surface area is 147 Å². The average Bonchev–Trinajstić information content (AvgIpc) is 2.61. The second-order valence-corrected chi connectivity index (χ2v) is 7.44. The molecule has 0 radical (unpaired) electrons. The fourth-order valence-corrected chi connectivity index (χ4v) is 3.94. The number of ketones is 1. The summed E-state index contributed by atoms with van der Waals surface area (Å²) in [6, 6.07) is 6.90. The van der Waals surface area contributed by atoms with Crippen molar-refractivity contribution in [3.05, 3.63) is 35.6 Å². The lowest BCUT2D eigenvalue weighted by Crippen LogP contribution is -2.21. The Morgan fingerprint density at radius 3 is 2.12 bits per heavy atom. The Morgan fingerprint density at radius 2 is 1.50 bits per heavy atom. The Bertz CT molecular complexity index is 471. The first-order chi connectivity index (χ1) is 11.7. The first kappa shape index (κ1) is 19.1. The highest BCUT2D eigenvalue weighted by Crippen LogP contribution is 2.36. The van der Waals surface area contributed by atoms with Crippen LogP contribution in [0.1, 0.15) is 95.5 Å². The first-order valence-corrected chi connectivity index (χ1v) is 9.99. The minimum atomic E-state index is -0.169. The summed E-state index contributed by atoms with van der Waals surface area (Å²) in [5.41, 5.74) is 1.23. The van der Waals surface area contributed by atoms with Gasteiger partial charge in [-0.05, 0) is 55.7 Å². The molecule has 1 aliphatic rings. The summed E-state index contributed by atoms with van der Waals surface area (Å²) in [6.45, 7) is 2.24. The summed E-state index contributed by atoms with van der Waals surface area (Å²) < 4.78 is 13.0. The number of Topliss-reactive ketones (excluding diaryl/α,β-unsaturated/α-hetero) is 1. The van der Waals surface area contributed by atoms with Crippen LogP contribution in [0.4, 0.5) is 4.39 Å². The summed E-state index contributed by atoms with van der Waals surface area (Å²) in [5, 5.41) is 0. The Hall–Kier alpha value is -1.18. The van der Waals surface area contributed by atoms with Crippen LogP contribution in [0.2, 0.25) is 0 Å². The molecule has 0 bridgehead atoms. The number of rotatable bonds is 10. The zero-order chi connectivity index (χ0) is 17.2. The SMILES string of the molecule is CCCCCCCCCC(=O)C1CCC(c2ccc(F)cc2)CC1. The van der Waals surface area contributed by atoms with Crippen molar-refractivity contribution in [2.75, 3.05) is 0 Å². The standard InChI is InChI=1S/C22H33FO/c1-2-3-4-5-6-7-8-9-22(24)20-12-10-18(11-13-20)19-14-16-21(23)17-15-19/h14-18,20H,2-13H2,1H3. The highest BCUT2D eigenvalue weighted by molar-refractivity contribution is 5.81. The molecule has 0 unspecified atom stereocenters. The summed E-state index contributed by atoms with van der Waals surface area (Å²) in [5.74, 6) is 1.11. The van der Waals surface area contributed by atoms with Gasteiger partial charge in [0.2, 0.25) is 0 Å². The molecule has 2 rings (SSSR count). The van der Waals surface area contributed by atoms with Gasteiger partial charge in [0, 0.05) is 12.3 Å². The normalized spacial score (nSPS) is 20.9. The zero-order valence-corrected chi connectivity index (χ0v) is 15.2. The van der Waals surface area contributed by atoms with Crippen LogP contribution in [-0.4, -0.2) is 5.78 Å². The number of halogens is 1. The molecule has 134 valence electrons. The number of hydrogen-bond acceptors (Lipinski definition) is 1. The van der Waals surface area contributed by atoms with Gasteiger partial charge in [-0.15, -0.1) is 0 Å². The smallest absolute Gasteiger partial charge is 0.135 e. The molecule has 2 heteroatoms. The molecule has 0 saturated heterocycles. The van der Waals surface area contributed by atoms with Gasteiger partial charge in [0.05, 0.1) is 0 Å². The van der Waals surface area contributed by atoms with E-state index in [4.69, 9.17) is 0 Å². The molecule has 0 atom stereocenters. The molecule has 0 N–H and O–H groups in total. The van der Waals surface area contributed by atoms with Crippen LogP contribution in [0.3, 0.4) is 0 Å². The van der Waals surface area contributed by atoms with Crippen LogP contribution in [0.15, 0.2) is 24.3 Å². The van der Waals surface area contributed by atoms with Gasteiger partial charge in [0.1, 0.15) is 11.6 Å². The minimum Gasteiger partial charge on any atom is -0.299 e. The Kier molecular flexibility index (Phi) is 8.49. The maximum absolute atomic E-state index is 13.0. The Morgan fingerprint density at radius 1 is 0.917 bits per heavy atom. The van der Waals surface area contributed by atoms with E-state index < -0.39 is 0 Å². The van der Waals surface area contributed by atoms with Crippen LogP contribution in [0.25, 0.3) is 0 Å². The third-order valence-corrected chi connectivity index (χ3v) is 5.55. The van der Waals surface area contributed by atoms with E-state index in [2.05, 4.69) is 6.92 Å². The molecule has 1 nitrogen and oxygen atoms in total. The van der Waals surface area contributed by atoms with Gasteiger partial charge in [-0.1, -0.05) is 57.6 Å². The summed E-state index contributed by atoms with van der Waals surface area (Å²) in [7, 11) is 0. The maximum Gasteiger partial charge on any atom is 0.135 e. The van der Waals surface area contributed by atoms with Crippen LogP contribution in [0.5, 0.6) is 0 Å². The second-order valence-electron chi connectivity index (χ2n) is 7.44. The van der Waals surface area contributed by atoms with Gasteiger partial charge in [0.25, 0.3) is 0 Å². The molecule has 1 saturated carbocycles. The molecular weight excluding hydrogens is 299 g/mol. The van der Waals surface area contributed by atoms with E-state index >= 15 is 0 Å². The highest BCUT2D eigenvalue weighted by Gasteiger charge is 2.26. The van der Waals surface area contributed by atoms with E-state index in [9.17, 15) is 9.18 Å². The molecule has 1 fully saturated rings. The van der Waals surface area contributed by atoms with E-state index in [-0.39, 0.29) is 11.7 Å². The fraction of sp³-hybridized carbons (Fsp3) is 0.682. The van der Waals surface area contributed by atoms with Gasteiger partial charge in [-0.25, -0.2) is 4.39 Å². The predicted octanol–water partition coefficient (Wildman–Crippen LogP) is 6.81. The molecule has 0 aliphatic heterocycles. The number of benzene rings is 1. The van der Waals surface area contributed by atoms with Crippen molar-refractivity contribution in [3.63, 3.8) is 0 Å². The van der Waals surface area contributed by atoms with Crippen LogP contribution in [0, 0.1) is 11.7 Å². The van der Waals surface area contributed by atoms with Gasteiger partial charge in [-0.3, -0.25) is 4.79 Å². The number of carbonyl (C=O) groups excluding carboxylic acids is 1. The van der Waals surface area contributed by atoms with E-state index in [0.29, 0.717) is 11.7 Å². The van der Waals surface area contributed by atoms with E-state index in [0.717, 1.165) is 38.5 Å². The third-order valence-electron chi connectivity index (χ3n) is 5.55. The van der Waals surface area contributed by atoms with Gasteiger partial charge < -0.3 is 0 Å². The van der Waals surface area contributed by atoms with Crippen LogP contribution in [-0.2, 0) is 4.79 Å². The largest absolute Gasteiger partial charge is 0.299 e. The monoisotopic (exact) mass is 332 g/mol. The number of hydrogen-bond donors (Lipinski definition) is 0. The molecule has 1 aromatic rings. The number of unbranched alkanes of at least 4 members (excludes halogenated alkanes) is 6. The van der Waals surface area contributed by atoms with Crippen LogP contribution >= 0.6 is 0 Å². The summed E-state index contributed by atoms with van der Waals surface area (Å²) in [6.07, 6.45) is 13.8. The molecule has 0 spiro atoms. The quantitative estimate of drug-likeness (QED) is 0.430. The summed E-state index contributed by atoms with van der Waals surface area (Å²) >= 11 is 0. The van der Waals surface area contributed by atoms with Crippen molar-refractivity contribution in [2.45, 2.75) is 89.9 Å². The highest BCUT2D eigenvalue weighted by atomic mass is 19.1. The molecule has 0 amide bonds. The molecule has 1 aliphatic carbocycles. The molecule has 0 aromatic heterocycles. The lowest BCUT2D eigenvalue weighted by molar-refractivity contribution is -0.124.